The summed E-state index contributed by atoms with van der Waals surface area (Å²) in [6, 6.07) is 3.11. The van der Waals surface area contributed by atoms with E-state index in [4.69, 9.17) is 9.52 Å². The third kappa shape index (κ3) is 3.14. The van der Waals surface area contributed by atoms with Gasteiger partial charge in [-0.1, -0.05) is 0 Å². The summed E-state index contributed by atoms with van der Waals surface area (Å²) in [6.07, 6.45) is -0.178. The lowest BCUT2D eigenvalue weighted by Crippen LogP contribution is -2.55. The summed E-state index contributed by atoms with van der Waals surface area (Å²) in [7, 11) is 1.70. The summed E-state index contributed by atoms with van der Waals surface area (Å²) in [6.45, 7) is 3.58. The average molecular weight is 266 g/mol. The number of hydrogen-bond donors (Lipinski definition) is 1. The van der Waals surface area contributed by atoms with E-state index in [1.165, 1.54) is 0 Å². The molecule has 1 aliphatic rings. The van der Waals surface area contributed by atoms with Crippen molar-refractivity contribution in [1.82, 2.24) is 9.80 Å². The fourth-order valence-corrected chi connectivity index (χ4v) is 2.30. The lowest BCUT2D eigenvalue weighted by molar-refractivity contribution is -0.148. The van der Waals surface area contributed by atoms with Crippen molar-refractivity contribution in [3.05, 3.63) is 23.7 Å². The highest BCUT2D eigenvalue weighted by molar-refractivity contribution is 5.86. The predicted molar refractivity (Wildman–Crippen MR) is 67.5 cm³/mol. The molecule has 6 heteroatoms. The molecule has 2 heterocycles. The number of amides is 1. The van der Waals surface area contributed by atoms with Gasteiger partial charge in [0.1, 0.15) is 17.6 Å². The molecule has 0 spiro atoms. The Kier molecular flexibility index (Phi) is 3.90. The zero-order chi connectivity index (χ0) is 14.0. The van der Waals surface area contributed by atoms with Crippen LogP contribution in [0.15, 0.2) is 16.5 Å². The molecule has 0 radical (unpaired) electrons. The van der Waals surface area contributed by atoms with E-state index in [2.05, 4.69) is 0 Å². The Labute approximate surface area is 111 Å². The summed E-state index contributed by atoms with van der Waals surface area (Å²) >= 11 is 0. The Morgan fingerprint density at radius 1 is 1.47 bits per heavy atom. The van der Waals surface area contributed by atoms with Gasteiger partial charge in [-0.3, -0.25) is 14.5 Å². The Morgan fingerprint density at radius 3 is 2.79 bits per heavy atom. The molecular weight excluding hydrogens is 248 g/mol. The maximum Gasteiger partial charge on any atom is 0.305 e. The second-order valence-electron chi connectivity index (χ2n) is 4.86. The molecule has 1 aromatic heterocycles. The molecule has 0 aliphatic carbocycles. The number of aryl methyl sites for hydroxylation is 1. The van der Waals surface area contributed by atoms with E-state index in [9.17, 15) is 9.59 Å². The molecule has 1 fully saturated rings. The number of furan rings is 1. The van der Waals surface area contributed by atoms with Crippen LogP contribution < -0.4 is 0 Å². The van der Waals surface area contributed by atoms with Gasteiger partial charge < -0.3 is 14.4 Å². The first-order valence-electron chi connectivity index (χ1n) is 6.23. The number of piperazine rings is 1. The van der Waals surface area contributed by atoms with Crippen LogP contribution in [0.25, 0.3) is 0 Å². The highest BCUT2D eigenvalue weighted by Crippen LogP contribution is 2.18. The standard InChI is InChI=1S/C13H18N2O4/c1-9-3-4-10(19-9)8-15-6-5-14(2)13(18)11(15)7-12(16)17/h3-4,11H,5-8H2,1-2H3,(H,16,17). The Bertz CT molecular complexity index is 483. The summed E-state index contributed by atoms with van der Waals surface area (Å²) < 4.78 is 5.49. The van der Waals surface area contributed by atoms with Gasteiger partial charge in [0, 0.05) is 20.1 Å². The second-order valence-corrected chi connectivity index (χ2v) is 4.86. The number of carboxylic acids is 1. The molecule has 19 heavy (non-hydrogen) atoms. The van der Waals surface area contributed by atoms with Crippen LogP contribution in [-0.4, -0.2) is 53.0 Å². The highest BCUT2D eigenvalue weighted by Gasteiger charge is 2.34. The zero-order valence-electron chi connectivity index (χ0n) is 11.1. The van der Waals surface area contributed by atoms with Gasteiger partial charge in [-0.15, -0.1) is 0 Å². The third-order valence-electron chi connectivity index (χ3n) is 3.35. The van der Waals surface area contributed by atoms with Gasteiger partial charge in [0.05, 0.1) is 13.0 Å². The number of aliphatic carboxylic acids is 1. The van der Waals surface area contributed by atoms with Crippen LogP contribution in [0.5, 0.6) is 0 Å². The molecule has 0 aromatic carbocycles. The molecule has 1 aromatic rings. The first-order chi connectivity index (χ1) is 8.97. The molecule has 1 N–H and O–H groups in total. The molecule has 1 aliphatic heterocycles. The van der Waals surface area contributed by atoms with Crippen LogP contribution in [0.3, 0.4) is 0 Å². The zero-order valence-corrected chi connectivity index (χ0v) is 11.1. The summed E-state index contributed by atoms with van der Waals surface area (Å²) in [5.74, 6) is 0.460. The van der Waals surface area contributed by atoms with Crippen molar-refractivity contribution in [3.63, 3.8) is 0 Å². The molecular formula is C13H18N2O4. The molecule has 0 bridgehead atoms. The molecule has 1 atom stereocenters. The van der Waals surface area contributed by atoms with E-state index in [-0.39, 0.29) is 12.3 Å². The minimum atomic E-state index is -0.964. The minimum Gasteiger partial charge on any atom is -0.481 e. The van der Waals surface area contributed by atoms with Crippen molar-refractivity contribution in [2.75, 3.05) is 20.1 Å². The quantitative estimate of drug-likeness (QED) is 0.868. The first kappa shape index (κ1) is 13.6. The normalized spacial score (nSPS) is 20.8. The van der Waals surface area contributed by atoms with Crippen molar-refractivity contribution < 1.29 is 19.1 Å². The summed E-state index contributed by atoms with van der Waals surface area (Å²) in [5, 5.41) is 8.94. The molecule has 1 amide bonds. The van der Waals surface area contributed by atoms with E-state index in [0.29, 0.717) is 19.6 Å². The Morgan fingerprint density at radius 2 is 2.21 bits per heavy atom. The van der Waals surface area contributed by atoms with Gasteiger partial charge >= 0.3 is 5.97 Å². The smallest absolute Gasteiger partial charge is 0.305 e. The highest BCUT2D eigenvalue weighted by atomic mass is 16.4. The largest absolute Gasteiger partial charge is 0.481 e. The summed E-state index contributed by atoms with van der Waals surface area (Å²) in [4.78, 5) is 26.4. The maximum absolute atomic E-state index is 12.1. The van der Waals surface area contributed by atoms with Gasteiger partial charge in [-0.05, 0) is 19.1 Å². The molecule has 0 saturated carbocycles. The number of likely N-dealkylation sites (N-methyl/N-ethyl adjacent to an activating group) is 1. The van der Waals surface area contributed by atoms with Crippen LogP contribution in [0.1, 0.15) is 17.9 Å². The number of carbonyl (C=O) groups excluding carboxylic acids is 1. The molecule has 1 unspecified atom stereocenters. The Balaban J connectivity index is 2.11. The fourth-order valence-electron chi connectivity index (χ4n) is 2.30. The summed E-state index contributed by atoms with van der Waals surface area (Å²) in [5.41, 5.74) is 0. The minimum absolute atomic E-state index is 0.142. The lowest BCUT2D eigenvalue weighted by Gasteiger charge is -2.38. The Hall–Kier alpha value is -1.82. The second kappa shape index (κ2) is 5.44. The molecule has 1 saturated heterocycles. The van der Waals surface area contributed by atoms with Crippen molar-refractivity contribution in [2.45, 2.75) is 25.9 Å². The molecule has 104 valence electrons. The fraction of sp³-hybridized carbons (Fsp3) is 0.538. The van der Waals surface area contributed by atoms with Crippen LogP contribution in [0.4, 0.5) is 0 Å². The number of rotatable bonds is 4. The topological polar surface area (TPSA) is 74.0 Å². The molecule has 2 rings (SSSR count). The number of nitrogens with zero attached hydrogens (tertiary/aromatic N) is 2. The van der Waals surface area contributed by atoms with E-state index in [0.717, 1.165) is 11.5 Å². The maximum atomic E-state index is 12.1. The van der Waals surface area contributed by atoms with Gasteiger partial charge in [-0.25, -0.2) is 0 Å². The number of carboxylic acid groups (broad SMARTS) is 1. The lowest BCUT2D eigenvalue weighted by atomic mass is 10.1. The van der Waals surface area contributed by atoms with Crippen LogP contribution in [-0.2, 0) is 16.1 Å². The van der Waals surface area contributed by atoms with Crippen molar-refractivity contribution in [1.29, 1.82) is 0 Å². The average Bonchev–Trinajstić information content (AvgIpc) is 2.74. The third-order valence-corrected chi connectivity index (χ3v) is 3.35. The monoisotopic (exact) mass is 266 g/mol. The van der Waals surface area contributed by atoms with E-state index in [1.54, 1.807) is 11.9 Å². The molecule has 6 nitrogen and oxygen atoms in total. The first-order valence-corrected chi connectivity index (χ1v) is 6.23. The van der Waals surface area contributed by atoms with Crippen LogP contribution in [0, 0.1) is 6.92 Å². The van der Waals surface area contributed by atoms with Crippen LogP contribution >= 0.6 is 0 Å². The van der Waals surface area contributed by atoms with Gasteiger partial charge in [-0.2, -0.15) is 0 Å². The van der Waals surface area contributed by atoms with E-state index in [1.807, 2.05) is 24.0 Å². The van der Waals surface area contributed by atoms with Crippen molar-refractivity contribution in [2.24, 2.45) is 0 Å². The van der Waals surface area contributed by atoms with Crippen molar-refractivity contribution in [3.8, 4) is 0 Å². The van der Waals surface area contributed by atoms with Gasteiger partial charge in [0.25, 0.3) is 0 Å². The SMILES string of the molecule is Cc1ccc(CN2CCN(C)C(=O)C2CC(=O)O)o1. The number of hydrogen-bond acceptors (Lipinski definition) is 4. The van der Waals surface area contributed by atoms with Crippen LogP contribution in [0.2, 0.25) is 0 Å². The number of carbonyl (C=O) groups is 2. The van der Waals surface area contributed by atoms with Gasteiger partial charge in [0.2, 0.25) is 5.91 Å². The van der Waals surface area contributed by atoms with Gasteiger partial charge in [0.15, 0.2) is 0 Å². The van der Waals surface area contributed by atoms with E-state index >= 15 is 0 Å². The van der Waals surface area contributed by atoms with E-state index < -0.39 is 12.0 Å². The van der Waals surface area contributed by atoms with Crippen molar-refractivity contribution >= 4 is 11.9 Å². The predicted octanol–water partition coefficient (Wildman–Crippen LogP) is 0.705.